The summed E-state index contributed by atoms with van der Waals surface area (Å²) in [7, 11) is -2.01. The lowest BCUT2D eigenvalue weighted by atomic mass is 10.2. The first-order chi connectivity index (χ1) is 11.1. The molecule has 0 spiro atoms. The van der Waals surface area contributed by atoms with E-state index >= 15 is 0 Å². The van der Waals surface area contributed by atoms with Crippen LogP contribution >= 0.6 is 0 Å². The Kier molecular flexibility index (Phi) is 5.43. The van der Waals surface area contributed by atoms with Crippen LogP contribution in [0.3, 0.4) is 0 Å². The van der Waals surface area contributed by atoms with Crippen LogP contribution in [0.1, 0.15) is 39.2 Å². The monoisotopic (exact) mass is 347 g/mol. The molecule has 24 heavy (non-hydrogen) atoms. The summed E-state index contributed by atoms with van der Waals surface area (Å²) in [6.07, 6.45) is 3.51. The van der Waals surface area contributed by atoms with Crippen molar-refractivity contribution in [2.45, 2.75) is 57.8 Å². The highest BCUT2D eigenvalue weighted by Gasteiger charge is 2.40. The lowest BCUT2D eigenvalue weighted by Gasteiger charge is -2.38. The van der Waals surface area contributed by atoms with Crippen molar-refractivity contribution in [1.82, 2.24) is 4.90 Å². The van der Waals surface area contributed by atoms with Crippen molar-refractivity contribution in [1.29, 1.82) is 0 Å². The van der Waals surface area contributed by atoms with Gasteiger partial charge < -0.3 is 14.4 Å². The van der Waals surface area contributed by atoms with Gasteiger partial charge in [-0.3, -0.25) is 0 Å². The molecule has 1 fully saturated rings. The molecule has 1 aromatic carbocycles. The summed E-state index contributed by atoms with van der Waals surface area (Å²) in [4.78, 5) is 13.4. The first-order valence-corrected chi connectivity index (χ1v) is 11.5. The molecule has 1 saturated heterocycles. The number of hydrogen-bond donors (Lipinski definition) is 1. The molecule has 0 aliphatic carbocycles. The van der Waals surface area contributed by atoms with Gasteiger partial charge in [0.15, 0.2) is 0 Å². The van der Waals surface area contributed by atoms with E-state index in [2.05, 4.69) is 33.9 Å². The quantitative estimate of drug-likeness (QED) is 0.627. The van der Waals surface area contributed by atoms with Gasteiger partial charge in [-0.15, -0.1) is 0 Å². The predicted octanol–water partition coefficient (Wildman–Crippen LogP) is 4.56. The normalized spacial score (nSPS) is 19.5. The molecular formula is C19H29NO3Si. The predicted molar refractivity (Wildman–Crippen MR) is 100 cm³/mol. The van der Waals surface area contributed by atoms with Crippen LogP contribution in [0, 0.1) is 0 Å². The molecule has 1 aromatic rings. The number of likely N-dealkylation sites (tertiary alicyclic amines) is 1. The molecule has 0 bridgehead atoms. The van der Waals surface area contributed by atoms with Gasteiger partial charge in [0.05, 0.1) is 0 Å². The Bertz CT molecular complexity index is 605. The Morgan fingerprint density at radius 3 is 2.46 bits per heavy atom. The second-order valence-electron chi connectivity index (χ2n) is 7.96. The van der Waals surface area contributed by atoms with Gasteiger partial charge in [-0.05, 0) is 31.0 Å². The van der Waals surface area contributed by atoms with Gasteiger partial charge in [-0.2, -0.15) is 0 Å². The molecule has 1 aliphatic heterocycles. The number of benzene rings is 1. The Morgan fingerprint density at radius 1 is 1.29 bits per heavy atom. The summed E-state index contributed by atoms with van der Waals surface area (Å²) >= 11 is 0. The molecule has 4 nitrogen and oxygen atoms in total. The summed E-state index contributed by atoms with van der Waals surface area (Å²) in [5, 5.41) is 9.51. The topological polar surface area (TPSA) is 49.8 Å². The number of carbonyl (C=O) groups is 1. The maximum Gasteiger partial charge on any atom is 0.326 e. The minimum Gasteiger partial charge on any atom is -0.542 e. The van der Waals surface area contributed by atoms with Crippen molar-refractivity contribution < 1.29 is 14.3 Å². The molecule has 0 amide bonds. The zero-order valence-electron chi connectivity index (χ0n) is 15.4. The highest BCUT2D eigenvalue weighted by Crippen LogP contribution is 2.39. The third-order valence-corrected chi connectivity index (χ3v) is 9.43. The van der Waals surface area contributed by atoms with Crippen molar-refractivity contribution in [3.63, 3.8) is 0 Å². The SMILES string of the molecule is CC(C)(C)[Si](C)(C)O/C(=C\N1CCC[C@H]1C(=O)O)c1ccccc1. The van der Waals surface area contributed by atoms with Gasteiger partial charge in [0.2, 0.25) is 0 Å². The van der Waals surface area contributed by atoms with Crippen LogP contribution in [0.25, 0.3) is 5.76 Å². The van der Waals surface area contributed by atoms with E-state index in [0.29, 0.717) is 6.42 Å². The van der Waals surface area contributed by atoms with Crippen LogP contribution in [0.15, 0.2) is 36.5 Å². The smallest absolute Gasteiger partial charge is 0.326 e. The van der Waals surface area contributed by atoms with E-state index in [1.165, 1.54) is 0 Å². The molecule has 1 N–H and O–H groups in total. The second-order valence-corrected chi connectivity index (χ2v) is 12.7. The van der Waals surface area contributed by atoms with E-state index < -0.39 is 20.3 Å². The van der Waals surface area contributed by atoms with E-state index in [9.17, 15) is 9.90 Å². The van der Waals surface area contributed by atoms with Gasteiger partial charge in [0.25, 0.3) is 8.32 Å². The van der Waals surface area contributed by atoms with Crippen LogP contribution in [0.5, 0.6) is 0 Å². The van der Waals surface area contributed by atoms with Crippen molar-refractivity contribution >= 4 is 20.0 Å². The second kappa shape index (κ2) is 7.01. The Hall–Kier alpha value is -1.75. The average molecular weight is 348 g/mol. The number of carboxylic acids is 1. The average Bonchev–Trinajstić information content (AvgIpc) is 2.94. The molecule has 0 radical (unpaired) electrons. The number of aliphatic carboxylic acids is 1. The van der Waals surface area contributed by atoms with Gasteiger partial charge in [0, 0.05) is 18.3 Å². The third kappa shape index (κ3) is 4.20. The number of hydrogen-bond acceptors (Lipinski definition) is 3. The maximum atomic E-state index is 11.5. The maximum absolute atomic E-state index is 11.5. The summed E-state index contributed by atoms with van der Waals surface area (Å²) in [6, 6.07) is 9.53. The number of carboxylic acid groups (broad SMARTS) is 1. The standard InChI is InChI=1S/C19H29NO3Si/c1-19(2,3)24(4,5)23-17(15-10-7-6-8-11-15)14-20-13-9-12-16(20)18(21)22/h6-8,10-11,14,16H,9,12-13H2,1-5H3,(H,21,22)/b17-14-/t16-/m0/s1. The minimum absolute atomic E-state index is 0.0814. The summed E-state index contributed by atoms with van der Waals surface area (Å²) < 4.78 is 6.54. The van der Waals surface area contributed by atoms with Crippen molar-refractivity contribution in [3.05, 3.63) is 42.1 Å². The molecule has 1 heterocycles. The first kappa shape index (κ1) is 18.6. The van der Waals surface area contributed by atoms with Gasteiger partial charge in [-0.1, -0.05) is 51.1 Å². The zero-order chi connectivity index (χ0) is 18.0. The molecular weight excluding hydrogens is 318 g/mol. The van der Waals surface area contributed by atoms with Gasteiger partial charge in [-0.25, -0.2) is 4.79 Å². The largest absolute Gasteiger partial charge is 0.542 e. The van der Waals surface area contributed by atoms with E-state index in [0.717, 1.165) is 24.3 Å². The van der Waals surface area contributed by atoms with Crippen LogP contribution in [-0.4, -0.2) is 36.9 Å². The van der Waals surface area contributed by atoms with E-state index in [1.54, 1.807) is 0 Å². The lowest BCUT2D eigenvalue weighted by Crippen LogP contribution is -2.40. The molecule has 132 valence electrons. The fraction of sp³-hybridized carbons (Fsp3) is 0.526. The molecule has 2 rings (SSSR count). The fourth-order valence-corrected chi connectivity index (χ4v) is 3.58. The minimum atomic E-state index is -2.01. The van der Waals surface area contributed by atoms with Crippen LogP contribution < -0.4 is 0 Å². The van der Waals surface area contributed by atoms with E-state index in [1.807, 2.05) is 41.4 Å². The molecule has 0 aromatic heterocycles. The summed E-state index contributed by atoms with van der Waals surface area (Å²) in [6.45, 7) is 11.8. The van der Waals surface area contributed by atoms with Crippen LogP contribution in [-0.2, 0) is 9.22 Å². The number of rotatable bonds is 5. The van der Waals surface area contributed by atoms with E-state index in [4.69, 9.17) is 4.43 Å². The first-order valence-electron chi connectivity index (χ1n) is 8.56. The van der Waals surface area contributed by atoms with Gasteiger partial charge in [0.1, 0.15) is 11.8 Å². The molecule has 0 unspecified atom stereocenters. The summed E-state index contributed by atoms with van der Waals surface area (Å²) in [5.74, 6) is 0.0267. The Labute approximate surface area is 146 Å². The highest BCUT2D eigenvalue weighted by atomic mass is 28.4. The lowest BCUT2D eigenvalue weighted by molar-refractivity contribution is -0.141. The van der Waals surface area contributed by atoms with Crippen LogP contribution in [0.4, 0.5) is 0 Å². The Morgan fingerprint density at radius 2 is 1.92 bits per heavy atom. The fourth-order valence-electron chi connectivity index (χ4n) is 2.55. The molecule has 0 saturated carbocycles. The summed E-state index contributed by atoms with van der Waals surface area (Å²) in [5.41, 5.74) is 0.998. The van der Waals surface area contributed by atoms with Crippen molar-refractivity contribution in [3.8, 4) is 0 Å². The third-order valence-electron chi connectivity index (χ3n) is 5.09. The molecule has 5 heteroatoms. The Balaban J connectivity index is 2.37. The van der Waals surface area contributed by atoms with Crippen molar-refractivity contribution in [2.24, 2.45) is 0 Å². The van der Waals surface area contributed by atoms with Crippen molar-refractivity contribution in [2.75, 3.05) is 6.54 Å². The van der Waals surface area contributed by atoms with Gasteiger partial charge >= 0.3 is 5.97 Å². The molecule has 1 aliphatic rings. The van der Waals surface area contributed by atoms with E-state index in [-0.39, 0.29) is 5.04 Å². The van der Waals surface area contributed by atoms with Crippen LogP contribution in [0.2, 0.25) is 18.1 Å². The zero-order valence-corrected chi connectivity index (χ0v) is 16.4. The number of nitrogens with zero attached hydrogens (tertiary/aromatic N) is 1. The highest BCUT2D eigenvalue weighted by molar-refractivity contribution is 6.74. The molecule has 1 atom stereocenters.